The van der Waals surface area contributed by atoms with E-state index in [2.05, 4.69) is 39.8 Å². The molecule has 4 atom stereocenters. The van der Waals surface area contributed by atoms with Crippen molar-refractivity contribution in [1.29, 1.82) is 0 Å². The summed E-state index contributed by atoms with van der Waals surface area (Å²) in [7, 11) is 0. The van der Waals surface area contributed by atoms with E-state index in [1.54, 1.807) is 28.4 Å². The van der Waals surface area contributed by atoms with Crippen molar-refractivity contribution >= 4 is 35.3 Å². The molecule has 3 saturated heterocycles. The molecule has 10 heteroatoms. The van der Waals surface area contributed by atoms with E-state index in [0.717, 1.165) is 50.4 Å². The molecule has 3 aliphatic heterocycles. The van der Waals surface area contributed by atoms with Crippen molar-refractivity contribution in [3.8, 4) is 0 Å². The third kappa shape index (κ3) is 8.88. The van der Waals surface area contributed by atoms with Gasteiger partial charge in [0.25, 0.3) is 0 Å². The smallest absolute Gasteiger partial charge is 0.243 e. The first-order valence-corrected chi connectivity index (χ1v) is 18.2. The van der Waals surface area contributed by atoms with Crippen LogP contribution in [0.5, 0.6) is 0 Å². The molecule has 4 fully saturated rings. The number of hydrogen-bond acceptors (Lipinski definition) is 8. The highest BCUT2D eigenvalue weighted by Gasteiger charge is 2.47. The van der Waals surface area contributed by atoms with Gasteiger partial charge >= 0.3 is 0 Å². The second kappa shape index (κ2) is 15.1. The summed E-state index contributed by atoms with van der Waals surface area (Å²) in [6.07, 6.45) is 8.50. The standard InChI is InChI=1S/C32H50N4O4S2/c1-32(2)19-28-36(31(39)40-32)27(15-18-42-28)30(38)34-26(22-41-21-24-11-7-4-8-12-24)29(37)33-25-13-16-35(17-14-25)20-23-9-5-3-6-10-23/h3,5-6,9-10,24-28,31,39H,4,7-8,11-22H2,1-2H3,(H,33,37)(H,34,38)/t26-,27?,28?,31?/m0/s1. The van der Waals surface area contributed by atoms with Gasteiger partial charge in [-0.15, -0.1) is 11.8 Å². The number of carbonyl (C=O) groups is 2. The first-order chi connectivity index (χ1) is 20.3. The molecule has 1 aromatic carbocycles. The molecule has 1 aromatic rings. The van der Waals surface area contributed by atoms with Gasteiger partial charge in [-0.05, 0) is 68.9 Å². The van der Waals surface area contributed by atoms with Crippen LogP contribution in [0.25, 0.3) is 0 Å². The molecule has 0 aromatic heterocycles. The summed E-state index contributed by atoms with van der Waals surface area (Å²) in [6, 6.07) is 9.53. The Morgan fingerprint density at radius 2 is 1.83 bits per heavy atom. The quantitative estimate of drug-likeness (QED) is 0.360. The Kier molecular flexibility index (Phi) is 11.6. The van der Waals surface area contributed by atoms with Crippen LogP contribution in [0.1, 0.15) is 77.2 Å². The molecular weight excluding hydrogens is 569 g/mol. The number of amides is 2. The van der Waals surface area contributed by atoms with Crippen LogP contribution in [-0.4, -0.2) is 92.6 Å². The van der Waals surface area contributed by atoms with Gasteiger partial charge in [0.05, 0.1) is 17.0 Å². The van der Waals surface area contributed by atoms with Crippen LogP contribution < -0.4 is 10.6 Å². The summed E-state index contributed by atoms with van der Waals surface area (Å²) < 4.78 is 5.86. The first-order valence-electron chi connectivity index (χ1n) is 16.0. The van der Waals surface area contributed by atoms with Crippen molar-refractivity contribution in [3.63, 3.8) is 0 Å². The maximum Gasteiger partial charge on any atom is 0.243 e. The van der Waals surface area contributed by atoms with E-state index in [1.165, 1.54) is 37.7 Å². The van der Waals surface area contributed by atoms with Gasteiger partial charge in [0, 0.05) is 37.8 Å². The highest BCUT2D eigenvalue weighted by atomic mass is 32.2. The number of hydrogen-bond donors (Lipinski definition) is 3. The van der Waals surface area contributed by atoms with Crippen LogP contribution in [0.4, 0.5) is 0 Å². The van der Waals surface area contributed by atoms with Crippen LogP contribution in [0.15, 0.2) is 30.3 Å². The molecular formula is C32H50N4O4S2. The molecule has 8 nitrogen and oxygen atoms in total. The monoisotopic (exact) mass is 618 g/mol. The van der Waals surface area contributed by atoms with Crippen LogP contribution in [0.2, 0.25) is 0 Å². The van der Waals surface area contributed by atoms with E-state index < -0.39 is 24.1 Å². The van der Waals surface area contributed by atoms with E-state index >= 15 is 0 Å². The molecule has 3 heterocycles. The number of rotatable bonds is 10. The summed E-state index contributed by atoms with van der Waals surface area (Å²) in [5.74, 6) is 2.89. The number of carbonyl (C=O) groups excluding carboxylic acids is 2. The number of nitrogens with zero attached hydrogens (tertiary/aromatic N) is 2. The lowest BCUT2D eigenvalue weighted by Gasteiger charge is -2.50. The van der Waals surface area contributed by atoms with Crippen LogP contribution in [0.3, 0.4) is 0 Å². The van der Waals surface area contributed by atoms with Gasteiger partial charge in [-0.3, -0.25) is 14.5 Å². The predicted octanol–water partition coefficient (Wildman–Crippen LogP) is 4.17. The van der Waals surface area contributed by atoms with Crippen LogP contribution in [-0.2, 0) is 20.9 Å². The lowest BCUT2D eigenvalue weighted by molar-refractivity contribution is -0.286. The molecule has 42 heavy (non-hydrogen) atoms. The maximum atomic E-state index is 13.7. The normalized spacial score (nSPS) is 28.5. The Labute approximate surface area is 260 Å². The number of likely N-dealkylation sites (tertiary alicyclic amines) is 1. The number of fused-ring (bicyclic) bond motifs is 1. The molecule has 3 unspecified atom stereocenters. The minimum absolute atomic E-state index is 0.0160. The van der Waals surface area contributed by atoms with E-state index in [9.17, 15) is 14.7 Å². The molecule has 0 spiro atoms. The summed E-state index contributed by atoms with van der Waals surface area (Å²) in [5.41, 5.74) is 0.870. The van der Waals surface area contributed by atoms with Gasteiger partial charge in [0.1, 0.15) is 6.04 Å². The minimum Gasteiger partial charge on any atom is -0.356 e. The lowest BCUT2D eigenvalue weighted by atomic mass is 9.91. The van der Waals surface area contributed by atoms with Crippen molar-refractivity contribution in [2.24, 2.45) is 5.92 Å². The minimum atomic E-state index is -1.13. The molecule has 0 bridgehead atoms. The van der Waals surface area contributed by atoms with Gasteiger partial charge in [-0.1, -0.05) is 49.6 Å². The van der Waals surface area contributed by atoms with Crippen LogP contribution in [0, 0.1) is 5.92 Å². The molecule has 2 amide bonds. The number of benzene rings is 1. The highest BCUT2D eigenvalue weighted by molar-refractivity contribution is 7.99. The summed E-state index contributed by atoms with van der Waals surface area (Å²) in [6.45, 7) is 6.78. The van der Waals surface area contributed by atoms with Crippen molar-refractivity contribution < 1.29 is 19.4 Å². The summed E-state index contributed by atoms with van der Waals surface area (Å²) in [4.78, 5) is 31.6. The first kappa shape index (κ1) is 32.1. The molecule has 1 saturated carbocycles. The zero-order chi connectivity index (χ0) is 29.5. The SMILES string of the molecule is CC1(C)CC2SCCC(C(=O)N[C@@H](CSCC3CCCCC3)C(=O)NC3CCN(Cc4ccccc4)CC3)N2C(O)O1. The van der Waals surface area contributed by atoms with E-state index in [0.29, 0.717) is 18.1 Å². The Morgan fingerprint density at radius 1 is 1.10 bits per heavy atom. The van der Waals surface area contributed by atoms with E-state index in [1.807, 2.05) is 19.9 Å². The Balaban J connectivity index is 1.18. The van der Waals surface area contributed by atoms with Crippen molar-refractivity contribution in [3.05, 3.63) is 35.9 Å². The topological polar surface area (TPSA) is 94.1 Å². The number of aliphatic hydroxyl groups is 1. The van der Waals surface area contributed by atoms with Gasteiger partial charge in [0.15, 0.2) is 0 Å². The van der Waals surface area contributed by atoms with Gasteiger partial charge in [0.2, 0.25) is 18.2 Å². The molecule has 4 aliphatic rings. The van der Waals surface area contributed by atoms with Gasteiger partial charge in [-0.2, -0.15) is 11.8 Å². The van der Waals surface area contributed by atoms with Crippen molar-refractivity contribution in [2.75, 3.05) is 30.3 Å². The molecule has 234 valence electrons. The Morgan fingerprint density at radius 3 is 2.57 bits per heavy atom. The van der Waals surface area contributed by atoms with Crippen molar-refractivity contribution in [2.45, 2.75) is 114 Å². The van der Waals surface area contributed by atoms with Gasteiger partial charge < -0.3 is 20.5 Å². The van der Waals surface area contributed by atoms with Crippen molar-refractivity contribution in [1.82, 2.24) is 20.4 Å². The van der Waals surface area contributed by atoms with Crippen LogP contribution >= 0.6 is 23.5 Å². The number of aliphatic hydroxyl groups excluding tert-OH is 1. The second-order valence-corrected chi connectivity index (χ2v) is 15.5. The fourth-order valence-corrected chi connectivity index (χ4v) is 9.68. The van der Waals surface area contributed by atoms with Gasteiger partial charge in [-0.25, -0.2) is 4.90 Å². The van der Waals surface area contributed by atoms with E-state index in [-0.39, 0.29) is 23.2 Å². The molecule has 3 N–H and O–H groups in total. The average molecular weight is 619 g/mol. The third-order valence-electron chi connectivity index (χ3n) is 9.22. The molecule has 5 rings (SSSR count). The molecule has 1 aliphatic carbocycles. The zero-order valence-corrected chi connectivity index (χ0v) is 27.0. The molecule has 0 radical (unpaired) electrons. The second-order valence-electron chi connectivity index (χ2n) is 13.1. The number of thioether (sulfide) groups is 2. The van der Waals surface area contributed by atoms with E-state index in [4.69, 9.17) is 4.74 Å². The maximum absolute atomic E-state index is 13.7. The Hall–Kier alpha value is -1.30. The zero-order valence-electron chi connectivity index (χ0n) is 25.3. The highest BCUT2D eigenvalue weighted by Crippen LogP contribution is 2.40. The number of piperidine rings is 1. The number of nitrogens with one attached hydrogen (secondary N) is 2. The Bertz CT molecular complexity index is 1020. The average Bonchev–Trinajstić information content (AvgIpc) is 2.97. The fraction of sp³-hybridized carbons (Fsp3) is 0.750. The predicted molar refractivity (Wildman–Crippen MR) is 171 cm³/mol. The number of ether oxygens (including phenoxy) is 1. The fourth-order valence-electron chi connectivity index (χ4n) is 6.83. The largest absolute Gasteiger partial charge is 0.356 e. The summed E-state index contributed by atoms with van der Waals surface area (Å²) in [5, 5.41) is 17.3. The summed E-state index contributed by atoms with van der Waals surface area (Å²) >= 11 is 3.57. The third-order valence-corrected chi connectivity index (χ3v) is 11.8. The lowest BCUT2D eigenvalue weighted by Crippen LogP contribution is -2.64.